The summed E-state index contributed by atoms with van der Waals surface area (Å²) in [5.74, 6) is -0.356. The second-order valence-corrected chi connectivity index (χ2v) is 4.03. The minimum Gasteiger partial charge on any atom is -0.399 e. The molecule has 0 heterocycles. The molecule has 2 rings (SSSR count). The summed E-state index contributed by atoms with van der Waals surface area (Å²) in [6.45, 7) is 0.542. The number of hydrogen-bond donors (Lipinski definition) is 2. The second kappa shape index (κ2) is 5.51. The molecule has 0 fully saturated rings. The van der Waals surface area contributed by atoms with Crippen LogP contribution in [-0.2, 0) is 11.3 Å². The van der Waals surface area contributed by atoms with Crippen molar-refractivity contribution in [2.75, 3.05) is 18.2 Å². The lowest BCUT2D eigenvalue weighted by molar-refractivity contribution is 0.185. The van der Waals surface area contributed by atoms with Gasteiger partial charge in [-0.1, -0.05) is 12.1 Å². The molecule has 0 saturated carbocycles. The number of halogens is 1. The van der Waals surface area contributed by atoms with Gasteiger partial charge < -0.3 is 15.8 Å². The van der Waals surface area contributed by atoms with E-state index in [1.54, 1.807) is 13.2 Å². The van der Waals surface area contributed by atoms with Crippen LogP contribution in [-0.4, -0.2) is 7.11 Å². The Hall–Kier alpha value is -2.07. The van der Waals surface area contributed by atoms with Crippen molar-refractivity contribution >= 4 is 17.1 Å². The Kier molecular flexibility index (Phi) is 3.79. The van der Waals surface area contributed by atoms with Gasteiger partial charge in [0, 0.05) is 24.2 Å². The molecule has 0 aliphatic heterocycles. The van der Waals surface area contributed by atoms with E-state index in [0.29, 0.717) is 18.0 Å². The Labute approximate surface area is 105 Å². The number of benzene rings is 2. The summed E-state index contributed by atoms with van der Waals surface area (Å²) in [7, 11) is 1.65. The Bertz CT molecular complexity index is 523. The average Bonchev–Trinajstić information content (AvgIpc) is 2.28. The highest BCUT2D eigenvalue weighted by Gasteiger charge is 2.00. The molecule has 4 heteroatoms. The predicted molar refractivity (Wildman–Crippen MR) is 71.3 cm³/mol. The summed E-state index contributed by atoms with van der Waals surface area (Å²) in [6.07, 6.45) is 0. The first-order chi connectivity index (χ1) is 8.67. The van der Waals surface area contributed by atoms with Crippen molar-refractivity contribution in [2.24, 2.45) is 0 Å². The summed E-state index contributed by atoms with van der Waals surface area (Å²) in [6, 6.07) is 12.1. The first kappa shape index (κ1) is 12.4. The Balaban J connectivity index is 2.20. The van der Waals surface area contributed by atoms with Gasteiger partial charge in [-0.2, -0.15) is 0 Å². The van der Waals surface area contributed by atoms with Crippen LogP contribution in [0.25, 0.3) is 0 Å². The van der Waals surface area contributed by atoms with Crippen molar-refractivity contribution in [1.82, 2.24) is 0 Å². The smallest absolute Gasteiger partial charge is 0.127 e. The van der Waals surface area contributed by atoms with E-state index in [4.69, 9.17) is 10.5 Å². The molecule has 0 saturated heterocycles. The van der Waals surface area contributed by atoms with Crippen LogP contribution in [0.15, 0.2) is 42.5 Å². The van der Waals surface area contributed by atoms with Crippen LogP contribution < -0.4 is 11.1 Å². The van der Waals surface area contributed by atoms with E-state index < -0.39 is 0 Å². The zero-order chi connectivity index (χ0) is 13.0. The Morgan fingerprint density at radius 2 is 2.00 bits per heavy atom. The van der Waals surface area contributed by atoms with Gasteiger partial charge in [0.25, 0.3) is 0 Å². The maximum Gasteiger partial charge on any atom is 0.127 e. The maximum atomic E-state index is 13.2. The van der Waals surface area contributed by atoms with E-state index in [1.807, 2.05) is 24.3 Å². The second-order valence-electron chi connectivity index (χ2n) is 4.03. The topological polar surface area (TPSA) is 47.3 Å². The molecule has 0 aliphatic carbocycles. The summed E-state index contributed by atoms with van der Waals surface area (Å²) in [5, 5.41) is 3.11. The van der Waals surface area contributed by atoms with E-state index in [0.717, 1.165) is 11.3 Å². The van der Waals surface area contributed by atoms with Crippen molar-refractivity contribution in [2.45, 2.75) is 6.61 Å². The monoisotopic (exact) mass is 246 g/mol. The number of nitrogen functional groups attached to an aromatic ring is 1. The molecule has 0 unspecified atom stereocenters. The third-order valence-electron chi connectivity index (χ3n) is 2.45. The van der Waals surface area contributed by atoms with Crippen LogP contribution in [0.2, 0.25) is 0 Å². The van der Waals surface area contributed by atoms with Crippen LogP contribution in [0.3, 0.4) is 0 Å². The largest absolute Gasteiger partial charge is 0.399 e. The van der Waals surface area contributed by atoms with Gasteiger partial charge in [0.05, 0.1) is 6.61 Å². The van der Waals surface area contributed by atoms with Gasteiger partial charge in [0.15, 0.2) is 0 Å². The molecule has 0 atom stereocenters. The third kappa shape index (κ3) is 3.21. The molecule has 3 nitrogen and oxygen atoms in total. The van der Waals surface area contributed by atoms with Crippen molar-refractivity contribution in [1.29, 1.82) is 0 Å². The summed E-state index contributed by atoms with van der Waals surface area (Å²) in [5.41, 5.74) is 8.53. The number of nitrogens with two attached hydrogens (primary N) is 1. The first-order valence-corrected chi connectivity index (χ1v) is 5.58. The average molecular weight is 246 g/mol. The highest BCUT2D eigenvalue weighted by molar-refractivity contribution is 5.64. The van der Waals surface area contributed by atoms with E-state index in [2.05, 4.69) is 5.32 Å². The van der Waals surface area contributed by atoms with Crippen LogP contribution >= 0.6 is 0 Å². The zero-order valence-electron chi connectivity index (χ0n) is 10.1. The van der Waals surface area contributed by atoms with Crippen LogP contribution in [0.4, 0.5) is 21.5 Å². The van der Waals surface area contributed by atoms with Crippen molar-refractivity contribution < 1.29 is 9.13 Å². The molecule has 3 N–H and O–H groups in total. The molecule has 18 heavy (non-hydrogen) atoms. The van der Waals surface area contributed by atoms with Crippen LogP contribution in [0, 0.1) is 5.82 Å². The number of nitrogens with one attached hydrogen (secondary N) is 1. The SMILES string of the molecule is COCc1cccc(Nc2cc(N)cc(F)c2)c1. The van der Waals surface area contributed by atoms with Gasteiger partial charge >= 0.3 is 0 Å². The number of ether oxygens (including phenoxy) is 1. The number of rotatable bonds is 4. The molecule has 0 aromatic heterocycles. The number of methoxy groups -OCH3 is 1. The van der Waals surface area contributed by atoms with Gasteiger partial charge in [-0.15, -0.1) is 0 Å². The molecule has 0 bridgehead atoms. The first-order valence-electron chi connectivity index (χ1n) is 5.58. The number of anilines is 3. The minimum absolute atomic E-state index is 0.356. The number of hydrogen-bond acceptors (Lipinski definition) is 3. The summed E-state index contributed by atoms with van der Waals surface area (Å²) in [4.78, 5) is 0. The van der Waals surface area contributed by atoms with Gasteiger partial charge in [-0.3, -0.25) is 0 Å². The molecular formula is C14H15FN2O. The quantitative estimate of drug-likeness (QED) is 0.814. The third-order valence-corrected chi connectivity index (χ3v) is 2.45. The van der Waals surface area contributed by atoms with Crippen molar-refractivity contribution in [3.8, 4) is 0 Å². The molecule has 0 amide bonds. The van der Waals surface area contributed by atoms with Crippen LogP contribution in [0.1, 0.15) is 5.56 Å². The van der Waals surface area contributed by atoms with E-state index in [9.17, 15) is 4.39 Å². The fraction of sp³-hybridized carbons (Fsp3) is 0.143. The van der Waals surface area contributed by atoms with Gasteiger partial charge in [-0.05, 0) is 35.9 Å². The molecule has 0 spiro atoms. The van der Waals surface area contributed by atoms with Gasteiger partial charge in [-0.25, -0.2) is 4.39 Å². The minimum atomic E-state index is -0.356. The Morgan fingerprint density at radius 1 is 1.17 bits per heavy atom. The predicted octanol–water partition coefficient (Wildman–Crippen LogP) is 3.30. The molecule has 94 valence electrons. The van der Waals surface area contributed by atoms with Crippen LogP contribution in [0.5, 0.6) is 0 Å². The van der Waals surface area contributed by atoms with Crippen molar-refractivity contribution in [3.63, 3.8) is 0 Å². The normalized spacial score (nSPS) is 10.3. The molecule has 0 aliphatic rings. The molecule has 0 radical (unpaired) electrons. The lowest BCUT2D eigenvalue weighted by Crippen LogP contribution is -1.95. The molecular weight excluding hydrogens is 231 g/mol. The van der Waals surface area contributed by atoms with Crippen molar-refractivity contribution in [3.05, 3.63) is 53.8 Å². The summed E-state index contributed by atoms with van der Waals surface area (Å²) < 4.78 is 18.3. The van der Waals surface area contributed by atoms with Gasteiger partial charge in [0.1, 0.15) is 5.82 Å². The van der Waals surface area contributed by atoms with E-state index in [1.165, 1.54) is 12.1 Å². The lowest BCUT2D eigenvalue weighted by Gasteiger charge is -2.09. The highest BCUT2D eigenvalue weighted by Crippen LogP contribution is 2.21. The zero-order valence-corrected chi connectivity index (χ0v) is 10.1. The highest BCUT2D eigenvalue weighted by atomic mass is 19.1. The fourth-order valence-corrected chi connectivity index (χ4v) is 1.76. The maximum absolute atomic E-state index is 13.2. The summed E-state index contributed by atoms with van der Waals surface area (Å²) >= 11 is 0. The molecule has 2 aromatic rings. The lowest BCUT2D eigenvalue weighted by atomic mass is 10.2. The standard InChI is InChI=1S/C14H15FN2O/c1-18-9-10-3-2-4-13(5-10)17-14-7-11(15)6-12(16)8-14/h2-8,17H,9,16H2,1H3. The Morgan fingerprint density at radius 3 is 2.72 bits per heavy atom. The molecule has 2 aromatic carbocycles. The van der Waals surface area contributed by atoms with Gasteiger partial charge in [0.2, 0.25) is 0 Å². The fourth-order valence-electron chi connectivity index (χ4n) is 1.76. The van der Waals surface area contributed by atoms with E-state index in [-0.39, 0.29) is 5.82 Å². The van der Waals surface area contributed by atoms with E-state index >= 15 is 0 Å².